The number of hydrogen-bond donors (Lipinski definition) is 1. The Morgan fingerprint density at radius 3 is 0.517 bits per heavy atom. The van der Waals surface area contributed by atoms with Crippen molar-refractivity contribution in [1.82, 2.24) is 0 Å². The first-order valence-corrected chi connectivity index (χ1v) is 26.1. The van der Waals surface area contributed by atoms with Crippen LogP contribution in [0.4, 0.5) is 123 Å². The summed E-state index contributed by atoms with van der Waals surface area (Å²) in [4.78, 5) is 0. The average molecular weight is 1280 g/mol. The zero-order valence-electron chi connectivity index (χ0n) is 44.3. The van der Waals surface area contributed by atoms with Gasteiger partial charge in [0.2, 0.25) is 0 Å². The van der Waals surface area contributed by atoms with Crippen molar-refractivity contribution in [1.29, 1.82) is 0 Å². The summed E-state index contributed by atoms with van der Waals surface area (Å²) in [5, 5.41) is -24.7. The van der Waals surface area contributed by atoms with Gasteiger partial charge in [-0.2, -0.15) is 0 Å². The first-order chi connectivity index (χ1) is 40.9. The summed E-state index contributed by atoms with van der Waals surface area (Å²) >= 11 is 0. The monoisotopic (exact) mass is 1280 g/mol. The molecule has 30 heteroatoms. The number of benzene rings is 8. The largest absolute Gasteiger partial charge is 0.349 e. The Bertz CT molecular complexity index is 3550. The van der Waals surface area contributed by atoms with Crippen LogP contribution in [0.5, 0.6) is 0 Å². The molecule has 0 aliphatic rings. The molecule has 87 heavy (non-hydrogen) atoms. The van der Waals surface area contributed by atoms with Gasteiger partial charge in [-0.3, -0.25) is 0 Å². The third kappa shape index (κ3) is 10.8. The highest BCUT2D eigenvalue weighted by Crippen LogP contribution is 2.42. The van der Waals surface area contributed by atoms with Gasteiger partial charge in [-0.15, -0.1) is 21.9 Å². The Balaban J connectivity index is 0.000000519. The minimum absolute atomic E-state index is 1.32. The van der Waals surface area contributed by atoms with Gasteiger partial charge >= 0.3 is 0 Å². The summed E-state index contributed by atoms with van der Waals surface area (Å²) in [6.45, 7) is 3.61. The number of rotatable bonds is 19. The third-order valence-corrected chi connectivity index (χ3v) is 15.1. The van der Waals surface area contributed by atoms with E-state index in [-0.39, 0.29) is 0 Å². The van der Waals surface area contributed by atoms with Gasteiger partial charge < -0.3 is 5.32 Å². The van der Waals surface area contributed by atoms with Crippen molar-refractivity contribution in [2.24, 2.45) is 0 Å². The van der Waals surface area contributed by atoms with Gasteiger partial charge in [-0.25, -0.2) is 123 Å². The molecule has 0 aromatic heterocycles. The lowest BCUT2D eigenvalue weighted by atomic mass is 9.11. The first kappa shape index (κ1) is 67.4. The maximum absolute atomic E-state index is 17.3. The topological polar surface area (TPSA) is 16.6 Å². The van der Waals surface area contributed by atoms with Crippen molar-refractivity contribution in [3.05, 3.63) is 163 Å². The molecular weight excluding hydrogens is 1240 g/mol. The number of unbranched alkanes of at least 4 members (excludes halogenated alkanes) is 13. The lowest BCUT2D eigenvalue weighted by Gasteiger charge is -2.47. The number of hydrogen-bond acceptors (Lipinski definition) is 0. The molecular formula is C57H38BF28N. The van der Waals surface area contributed by atoms with E-state index in [1.165, 1.54) is 96.4 Å². The highest BCUT2D eigenvalue weighted by Gasteiger charge is 2.52. The van der Waals surface area contributed by atoms with E-state index in [1.54, 1.807) is 0 Å². The summed E-state index contributed by atoms with van der Waals surface area (Å²) in [7, 11) is 2.17. The molecule has 0 bridgehead atoms. The van der Waals surface area contributed by atoms with Crippen LogP contribution in [0.2, 0.25) is 0 Å². The van der Waals surface area contributed by atoms with E-state index in [4.69, 9.17) is 0 Å². The fourth-order valence-electron chi connectivity index (χ4n) is 11.1. The number of quaternary nitrogens is 1. The van der Waals surface area contributed by atoms with Crippen molar-refractivity contribution in [2.75, 3.05) is 13.6 Å². The molecule has 0 spiro atoms. The molecule has 0 heterocycles. The molecule has 0 amide bonds. The van der Waals surface area contributed by atoms with Crippen LogP contribution in [0, 0.1) is 163 Å². The minimum Gasteiger partial charge on any atom is -0.349 e. The highest BCUT2D eigenvalue weighted by molar-refractivity contribution is 7.23. The lowest BCUT2D eigenvalue weighted by molar-refractivity contribution is -0.627. The Labute approximate surface area is 471 Å². The summed E-state index contributed by atoms with van der Waals surface area (Å²) in [5.74, 6) is -104. The summed E-state index contributed by atoms with van der Waals surface area (Å²) in [6, 6.07) is 0. The van der Waals surface area contributed by atoms with Gasteiger partial charge in [-0.05, 0) is 34.4 Å². The number of halogens is 28. The maximum atomic E-state index is 17.3. The van der Waals surface area contributed by atoms with Crippen LogP contribution in [0.3, 0.4) is 0 Å². The molecule has 0 atom stereocenters. The van der Waals surface area contributed by atoms with Crippen LogP contribution in [-0.4, -0.2) is 19.7 Å². The van der Waals surface area contributed by atoms with Crippen molar-refractivity contribution in [3.8, 4) is 0 Å². The fourth-order valence-corrected chi connectivity index (χ4v) is 11.1. The molecule has 1 nitrogen and oxygen atoms in total. The highest BCUT2D eigenvalue weighted by atomic mass is 19.2. The van der Waals surface area contributed by atoms with Crippen molar-refractivity contribution in [2.45, 2.75) is 96.8 Å². The van der Waals surface area contributed by atoms with Crippen molar-refractivity contribution >= 4 is 71.1 Å². The van der Waals surface area contributed by atoms with Gasteiger partial charge in [0, 0.05) is 0 Å². The van der Waals surface area contributed by atoms with E-state index in [0.29, 0.717) is 0 Å². The summed E-state index contributed by atoms with van der Waals surface area (Å²) < 4.78 is 446. The summed E-state index contributed by atoms with van der Waals surface area (Å²) in [5.41, 5.74) is -15.5. The second kappa shape index (κ2) is 26.3. The molecule has 470 valence electrons. The zero-order valence-corrected chi connectivity index (χ0v) is 44.3. The summed E-state index contributed by atoms with van der Waals surface area (Å²) in [6.07, 6.45) is 12.4. The molecule has 8 aromatic carbocycles. The van der Waals surface area contributed by atoms with Crippen LogP contribution in [0.15, 0.2) is 0 Å². The predicted molar refractivity (Wildman–Crippen MR) is 262 cm³/mol. The van der Waals surface area contributed by atoms with E-state index in [9.17, 15) is 17.6 Å². The van der Waals surface area contributed by atoms with E-state index < -0.39 is 234 Å². The van der Waals surface area contributed by atoms with Gasteiger partial charge in [0.15, 0.2) is 140 Å². The molecule has 0 saturated heterocycles. The smallest absolute Gasteiger partial charge is 0.198 e. The molecule has 0 aliphatic heterocycles. The third-order valence-electron chi connectivity index (χ3n) is 15.1. The van der Waals surface area contributed by atoms with E-state index >= 15 is 105 Å². The van der Waals surface area contributed by atoms with Crippen LogP contribution in [0.25, 0.3) is 43.1 Å². The Hall–Kier alpha value is -7.14. The first-order valence-electron chi connectivity index (χ1n) is 26.1. The molecule has 8 aromatic rings. The maximum Gasteiger partial charge on any atom is 0.198 e. The van der Waals surface area contributed by atoms with E-state index in [1.807, 2.05) is 0 Å². The zero-order chi connectivity index (χ0) is 64.9. The lowest BCUT2D eigenvalue weighted by Crippen LogP contribution is -2.79. The predicted octanol–water partition coefficient (Wildman–Crippen LogP) is 16.2. The molecule has 2 N–H and O–H groups in total. The van der Waals surface area contributed by atoms with E-state index in [2.05, 4.69) is 19.3 Å². The second-order valence-electron chi connectivity index (χ2n) is 20.1. The average Bonchev–Trinajstić information content (AvgIpc) is 0.672. The Kier molecular flexibility index (Phi) is 20.4. The minimum atomic E-state index is -8.05. The van der Waals surface area contributed by atoms with Crippen LogP contribution >= 0.6 is 0 Å². The van der Waals surface area contributed by atoms with E-state index in [0.717, 1.165) is 0 Å². The van der Waals surface area contributed by atoms with Crippen LogP contribution in [0.1, 0.15) is 96.8 Å². The Morgan fingerprint density at radius 1 is 0.195 bits per heavy atom. The fraction of sp³-hybridized carbons (Fsp3) is 0.298. The quantitative estimate of drug-likeness (QED) is 0.0273. The number of nitrogens with two attached hydrogens (primary N) is 1. The van der Waals surface area contributed by atoms with Crippen LogP contribution in [-0.2, 0) is 0 Å². The molecule has 8 rings (SSSR count). The standard InChI is InChI=1S/C40BF28.C17H37N/c42-13-1-5(21(50)37(66)33(13)62)17(46)29(58)25(54)9(1)41(10-2-6(18(47)30(59)26(10)55)22(51)38(67)34(63)14(2)43,11-3-7(19(48)31(60)27(11)56)23(52)39(68)35(64)15(3)44)12-4-8(20(49)32(61)28(12)57)24(53)40(69)36(65)16(4)45;1-3-4-5-6-7-8-9-10-11-12-13-14-15-16-17-18-2/h;18H,3-17H2,1-2H3/q-1;/p+1. The molecule has 0 unspecified atom stereocenters. The van der Waals surface area contributed by atoms with Gasteiger partial charge in [0.1, 0.15) is 29.4 Å². The van der Waals surface area contributed by atoms with Crippen molar-refractivity contribution < 1.29 is 128 Å². The second-order valence-corrected chi connectivity index (χ2v) is 20.1. The van der Waals surface area contributed by atoms with Crippen LogP contribution < -0.4 is 27.2 Å². The number of fused-ring (bicyclic) bond motifs is 4. The molecule has 0 saturated carbocycles. The molecule has 0 aliphatic carbocycles. The van der Waals surface area contributed by atoms with Gasteiger partial charge in [0.25, 0.3) is 0 Å². The van der Waals surface area contributed by atoms with Gasteiger partial charge in [-0.1, -0.05) is 84.0 Å². The molecule has 0 radical (unpaired) electrons. The molecule has 0 fully saturated rings. The van der Waals surface area contributed by atoms with Crippen molar-refractivity contribution in [3.63, 3.8) is 0 Å². The van der Waals surface area contributed by atoms with Gasteiger partial charge in [0.05, 0.1) is 35.1 Å². The normalized spacial score (nSPS) is 12.1. The SMILES string of the molecule is CCCCCCCCCCCCCCCC[NH2+]C.Fc1c(F)c(F)c2c([B-](c3c(F)c(F)c(F)c4c(F)c(F)c(F)c(F)c34)(c3c(F)c(F)c(F)c4c(F)c(F)c(F)c(F)c34)c3c(F)c(F)c(F)c4c(F)c(F)c(F)c(F)c34)c(F)c(F)c(F)c2c1F. The Morgan fingerprint density at radius 2 is 0.345 bits per heavy atom.